The maximum Gasteiger partial charge on any atom is 0.336 e. The van der Waals surface area contributed by atoms with Crippen LogP contribution in [0.4, 0.5) is 0 Å². The summed E-state index contributed by atoms with van der Waals surface area (Å²) in [5.74, 6) is 0.313. The van der Waals surface area contributed by atoms with Gasteiger partial charge in [-0.1, -0.05) is 24.3 Å². The molecule has 1 aromatic heterocycles. The molecule has 0 atom stereocenters. The van der Waals surface area contributed by atoms with Gasteiger partial charge in [-0.15, -0.1) is 0 Å². The van der Waals surface area contributed by atoms with Crippen molar-refractivity contribution in [2.24, 2.45) is 0 Å². The Kier molecular flexibility index (Phi) is 4.89. The minimum absolute atomic E-state index is 0.0649. The van der Waals surface area contributed by atoms with Crippen molar-refractivity contribution in [2.45, 2.75) is 20.5 Å². The Hall–Kier alpha value is -3.34. The number of ether oxygens (including phenoxy) is 1. The third kappa shape index (κ3) is 4.00. The Morgan fingerprint density at radius 2 is 1.88 bits per heavy atom. The summed E-state index contributed by atoms with van der Waals surface area (Å²) >= 11 is 0. The highest BCUT2D eigenvalue weighted by Crippen LogP contribution is 2.23. The molecule has 1 heterocycles. The topological polar surface area (TPSA) is 76.7 Å². The second-order valence-electron chi connectivity index (χ2n) is 6.03. The van der Waals surface area contributed by atoms with E-state index in [1.165, 1.54) is 19.1 Å². The number of rotatable bonds is 5. The summed E-state index contributed by atoms with van der Waals surface area (Å²) in [6.45, 7) is 3.56. The molecule has 0 spiro atoms. The highest BCUT2D eigenvalue weighted by atomic mass is 16.5. The van der Waals surface area contributed by atoms with Crippen LogP contribution in [0.3, 0.4) is 0 Å². The van der Waals surface area contributed by atoms with Crippen LogP contribution in [-0.2, 0) is 11.4 Å². The van der Waals surface area contributed by atoms with Crippen molar-refractivity contribution >= 4 is 22.5 Å². The van der Waals surface area contributed by atoms with Crippen LogP contribution < -0.4 is 10.4 Å². The molecule has 0 aliphatic heterocycles. The Labute approximate surface area is 150 Å². The number of carbonyl (C=O) groups is 1. The molecule has 0 bridgehead atoms. The molecule has 5 nitrogen and oxygen atoms in total. The molecule has 0 aliphatic rings. The van der Waals surface area contributed by atoms with Gasteiger partial charge in [0, 0.05) is 29.2 Å². The number of benzene rings is 2. The molecule has 3 aromatic rings. The lowest BCUT2D eigenvalue weighted by Gasteiger charge is -2.08. The van der Waals surface area contributed by atoms with Gasteiger partial charge in [0.05, 0.1) is 0 Å². The van der Waals surface area contributed by atoms with E-state index in [1.54, 1.807) is 18.2 Å². The van der Waals surface area contributed by atoms with E-state index in [1.807, 2.05) is 31.2 Å². The summed E-state index contributed by atoms with van der Waals surface area (Å²) in [6.07, 6.45) is 1.18. The van der Waals surface area contributed by atoms with Crippen molar-refractivity contribution in [1.82, 2.24) is 0 Å². The monoisotopic (exact) mass is 350 g/mol. The van der Waals surface area contributed by atoms with E-state index < -0.39 is 0 Å². The average Bonchev–Trinajstić information content (AvgIpc) is 2.59. The second-order valence-corrected chi connectivity index (χ2v) is 6.03. The maximum absolute atomic E-state index is 11.5. The summed E-state index contributed by atoms with van der Waals surface area (Å²) in [5.41, 5.74) is 2.42. The van der Waals surface area contributed by atoms with Crippen molar-refractivity contribution < 1.29 is 19.1 Å². The van der Waals surface area contributed by atoms with Crippen LogP contribution in [0, 0.1) is 6.92 Å². The zero-order chi connectivity index (χ0) is 18.7. The standard InChI is InChI=1S/C21H18O5/c1-13-9-21(24)26-20-11-17(7-8-18(13)20)25-12-15-3-5-16(6-4-15)19(23)10-14(2)22/h3-11,23H,12H2,1-2H3/b19-10-. The number of aryl methyl sites for hydroxylation is 1. The maximum atomic E-state index is 11.5. The first-order valence-corrected chi connectivity index (χ1v) is 8.10. The predicted molar refractivity (Wildman–Crippen MR) is 99.3 cm³/mol. The van der Waals surface area contributed by atoms with Gasteiger partial charge in [-0.3, -0.25) is 4.79 Å². The Balaban J connectivity index is 1.74. The van der Waals surface area contributed by atoms with Crippen molar-refractivity contribution in [1.29, 1.82) is 0 Å². The number of carbonyl (C=O) groups excluding carboxylic acids is 1. The van der Waals surface area contributed by atoms with Gasteiger partial charge in [0.25, 0.3) is 0 Å². The zero-order valence-electron chi connectivity index (χ0n) is 14.5. The number of aliphatic hydroxyl groups is 1. The molecule has 5 heteroatoms. The van der Waals surface area contributed by atoms with Gasteiger partial charge < -0.3 is 14.3 Å². The lowest BCUT2D eigenvalue weighted by Crippen LogP contribution is -1.99. The summed E-state index contributed by atoms with van der Waals surface area (Å²) in [5, 5.41) is 10.7. The van der Waals surface area contributed by atoms with Crippen molar-refractivity contribution in [3.8, 4) is 5.75 Å². The molecule has 0 aliphatic carbocycles. The molecule has 0 amide bonds. The molecular formula is C21H18O5. The highest BCUT2D eigenvalue weighted by Gasteiger charge is 2.05. The molecule has 132 valence electrons. The molecule has 0 unspecified atom stereocenters. The molecule has 0 saturated heterocycles. The van der Waals surface area contributed by atoms with E-state index in [2.05, 4.69) is 0 Å². The van der Waals surface area contributed by atoms with Crippen molar-refractivity contribution in [2.75, 3.05) is 0 Å². The van der Waals surface area contributed by atoms with Gasteiger partial charge in [-0.25, -0.2) is 4.79 Å². The smallest absolute Gasteiger partial charge is 0.336 e. The predicted octanol–water partition coefficient (Wildman–Crippen LogP) is 4.17. The van der Waals surface area contributed by atoms with E-state index in [4.69, 9.17) is 9.15 Å². The van der Waals surface area contributed by atoms with Crippen LogP contribution >= 0.6 is 0 Å². The Morgan fingerprint density at radius 1 is 1.15 bits per heavy atom. The van der Waals surface area contributed by atoms with Crippen molar-refractivity contribution in [3.05, 3.63) is 81.7 Å². The van der Waals surface area contributed by atoms with Gasteiger partial charge in [0.15, 0.2) is 5.78 Å². The van der Waals surface area contributed by atoms with Gasteiger partial charge in [-0.2, -0.15) is 0 Å². The lowest BCUT2D eigenvalue weighted by molar-refractivity contribution is -0.112. The van der Waals surface area contributed by atoms with Crippen LogP contribution in [0.2, 0.25) is 0 Å². The summed E-state index contributed by atoms with van der Waals surface area (Å²) in [7, 11) is 0. The fraction of sp³-hybridized carbons (Fsp3) is 0.143. The van der Waals surface area contributed by atoms with E-state index in [-0.39, 0.29) is 17.2 Å². The molecule has 26 heavy (non-hydrogen) atoms. The largest absolute Gasteiger partial charge is 0.507 e. The lowest BCUT2D eigenvalue weighted by atomic mass is 10.1. The third-order valence-corrected chi connectivity index (χ3v) is 3.92. The molecule has 0 radical (unpaired) electrons. The number of fused-ring (bicyclic) bond motifs is 1. The van der Waals surface area contributed by atoms with Crippen LogP contribution in [0.5, 0.6) is 5.75 Å². The number of hydrogen-bond acceptors (Lipinski definition) is 5. The third-order valence-electron chi connectivity index (χ3n) is 3.92. The fourth-order valence-electron chi connectivity index (χ4n) is 2.61. The van der Waals surface area contributed by atoms with Crippen LogP contribution in [0.25, 0.3) is 16.7 Å². The van der Waals surface area contributed by atoms with E-state index in [0.29, 0.717) is 23.5 Å². The van der Waals surface area contributed by atoms with Gasteiger partial charge in [0.2, 0.25) is 0 Å². The molecule has 0 fully saturated rings. The molecule has 3 rings (SSSR count). The van der Waals surface area contributed by atoms with Crippen molar-refractivity contribution in [3.63, 3.8) is 0 Å². The number of ketones is 1. The fourth-order valence-corrected chi connectivity index (χ4v) is 2.61. The minimum atomic E-state index is -0.388. The summed E-state index contributed by atoms with van der Waals surface area (Å²) < 4.78 is 11.0. The average molecular weight is 350 g/mol. The second kappa shape index (κ2) is 7.27. The normalized spacial score (nSPS) is 11.5. The first-order valence-electron chi connectivity index (χ1n) is 8.10. The quantitative estimate of drug-likeness (QED) is 0.425. The summed E-state index contributed by atoms with van der Waals surface area (Å²) in [6, 6.07) is 13.9. The Morgan fingerprint density at radius 3 is 2.58 bits per heavy atom. The van der Waals surface area contributed by atoms with Gasteiger partial charge in [0.1, 0.15) is 23.7 Å². The van der Waals surface area contributed by atoms with E-state index in [9.17, 15) is 14.7 Å². The number of aliphatic hydroxyl groups excluding tert-OH is 1. The van der Waals surface area contributed by atoms with E-state index in [0.717, 1.165) is 16.5 Å². The Bertz CT molecular complexity index is 1040. The van der Waals surface area contributed by atoms with Crippen LogP contribution in [0.15, 0.2) is 63.8 Å². The zero-order valence-corrected chi connectivity index (χ0v) is 14.5. The SMILES string of the molecule is CC(=O)/C=C(\O)c1ccc(COc2ccc3c(C)cc(=O)oc3c2)cc1. The molecular weight excluding hydrogens is 332 g/mol. The number of hydrogen-bond donors (Lipinski definition) is 1. The minimum Gasteiger partial charge on any atom is -0.507 e. The van der Waals surface area contributed by atoms with Crippen LogP contribution in [0.1, 0.15) is 23.6 Å². The first kappa shape index (κ1) is 17.5. The van der Waals surface area contributed by atoms with Gasteiger partial charge in [-0.05, 0) is 37.1 Å². The highest BCUT2D eigenvalue weighted by molar-refractivity contribution is 5.93. The van der Waals surface area contributed by atoms with Gasteiger partial charge >= 0.3 is 5.63 Å². The molecule has 2 aromatic carbocycles. The molecule has 0 saturated carbocycles. The summed E-state index contributed by atoms with van der Waals surface area (Å²) in [4.78, 5) is 22.5. The molecule has 1 N–H and O–H groups in total. The number of allylic oxidation sites excluding steroid dienone is 1. The van der Waals surface area contributed by atoms with Crippen LogP contribution in [-0.4, -0.2) is 10.9 Å². The first-order chi connectivity index (χ1) is 12.4. The van der Waals surface area contributed by atoms with E-state index >= 15 is 0 Å².